The van der Waals surface area contributed by atoms with E-state index >= 15 is 0 Å². The van der Waals surface area contributed by atoms with Gasteiger partial charge in [0.25, 0.3) is 5.91 Å². The maximum Gasteiger partial charge on any atom is 0.251 e. The normalized spacial score (nSPS) is 10.4. The van der Waals surface area contributed by atoms with E-state index < -0.39 is 0 Å². The monoisotopic (exact) mass is 274 g/mol. The molecule has 0 fully saturated rings. The Hall–Kier alpha value is -2.21. The molecule has 0 saturated heterocycles. The summed E-state index contributed by atoms with van der Waals surface area (Å²) in [5.41, 5.74) is 1.76. The van der Waals surface area contributed by atoms with Gasteiger partial charge in [-0.25, -0.2) is 0 Å². The van der Waals surface area contributed by atoms with Crippen LogP contribution in [0.5, 0.6) is 0 Å². The maximum atomic E-state index is 12.2. The van der Waals surface area contributed by atoms with Crippen molar-refractivity contribution in [1.82, 2.24) is 20.8 Å². The van der Waals surface area contributed by atoms with Gasteiger partial charge in [-0.2, -0.15) is 4.98 Å². The lowest BCUT2D eigenvalue weighted by Crippen LogP contribution is -2.27. The average molecular weight is 274 g/mol. The van der Waals surface area contributed by atoms with Gasteiger partial charge >= 0.3 is 0 Å². The Balaban J connectivity index is 1.91. The number of amides is 1. The number of hydrogen-bond donors (Lipinski definition) is 2. The zero-order valence-corrected chi connectivity index (χ0v) is 11.4. The maximum absolute atomic E-state index is 12.2. The predicted octanol–water partition coefficient (Wildman–Crippen LogP) is 0.804. The zero-order valence-electron chi connectivity index (χ0n) is 11.4. The van der Waals surface area contributed by atoms with Crippen LogP contribution in [0.25, 0.3) is 0 Å². The van der Waals surface area contributed by atoms with Gasteiger partial charge in [-0.3, -0.25) is 4.79 Å². The van der Waals surface area contributed by atoms with Gasteiger partial charge in [0.2, 0.25) is 6.39 Å². The molecule has 0 atom stereocenters. The topological polar surface area (TPSA) is 80.0 Å². The van der Waals surface area contributed by atoms with Gasteiger partial charge in [0.15, 0.2) is 5.82 Å². The number of aromatic nitrogens is 2. The number of benzene rings is 1. The summed E-state index contributed by atoms with van der Waals surface area (Å²) in [4.78, 5) is 16.1. The summed E-state index contributed by atoms with van der Waals surface area (Å²) in [5.74, 6) is 0.522. The Morgan fingerprint density at radius 1 is 1.25 bits per heavy atom. The van der Waals surface area contributed by atoms with Crippen LogP contribution < -0.4 is 10.6 Å². The first-order valence-electron chi connectivity index (χ1n) is 6.57. The van der Waals surface area contributed by atoms with Crippen LogP contribution in [0.4, 0.5) is 0 Å². The van der Waals surface area contributed by atoms with Crippen LogP contribution in [-0.2, 0) is 12.8 Å². The lowest BCUT2D eigenvalue weighted by Gasteiger charge is -2.09. The highest BCUT2D eigenvalue weighted by Gasteiger charge is 2.10. The fourth-order valence-corrected chi connectivity index (χ4v) is 1.91. The molecule has 106 valence electrons. The number of carbonyl (C=O) groups excluding carboxylic acids is 1. The molecular formula is C14H18N4O2. The van der Waals surface area contributed by atoms with E-state index in [-0.39, 0.29) is 5.91 Å². The van der Waals surface area contributed by atoms with Crippen molar-refractivity contribution in [2.75, 3.05) is 20.1 Å². The van der Waals surface area contributed by atoms with Crippen LogP contribution in [0.3, 0.4) is 0 Å². The SMILES string of the molecule is CNCCc1ccccc1C(=O)NCCc1ncon1. The molecule has 1 aromatic carbocycles. The van der Waals surface area contributed by atoms with Gasteiger partial charge in [0.1, 0.15) is 0 Å². The number of hydrogen-bond acceptors (Lipinski definition) is 5. The third-order valence-electron chi connectivity index (χ3n) is 2.95. The van der Waals surface area contributed by atoms with E-state index in [1.165, 1.54) is 6.39 Å². The van der Waals surface area contributed by atoms with E-state index in [1.54, 1.807) is 0 Å². The van der Waals surface area contributed by atoms with Crippen molar-refractivity contribution >= 4 is 5.91 Å². The zero-order chi connectivity index (χ0) is 14.2. The first-order chi connectivity index (χ1) is 9.81. The van der Waals surface area contributed by atoms with E-state index in [2.05, 4.69) is 25.3 Å². The fraction of sp³-hybridized carbons (Fsp3) is 0.357. The smallest absolute Gasteiger partial charge is 0.251 e. The van der Waals surface area contributed by atoms with E-state index in [0.717, 1.165) is 24.1 Å². The van der Waals surface area contributed by atoms with Gasteiger partial charge in [-0.15, -0.1) is 0 Å². The highest BCUT2D eigenvalue weighted by atomic mass is 16.5. The molecule has 0 aliphatic heterocycles. The van der Waals surface area contributed by atoms with E-state index in [9.17, 15) is 4.79 Å². The van der Waals surface area contributed by atoms with Crippen LogP contribution in [0.2, 0.25) is 0 Å². The Morgan fingerprint density at radius 2 is 2.10 bits per heavy atom. The van der Waals surface area contributed by atoms with Crippen LogP contribution >= 0.6 is 0 Å². The second kappa shape index (κ2) is 7.40. The highest BCUT2D eigenvalue weighted by Crippen LogP contribution is 2.09. The summed E-state index contributed by atoms with van der Waals surface area (Å²) in [5, 5.41) is 9.66. The Kier molecular flexibility index (Phi) is 5.25. The molecule has 0 spiro atoms. The van der Waals surface area contributed by atoms with Crippen molar-refractivity contribution in [3.05, 3.63) is 47.6 Å². The minimum atomic E-state index is -0.0693. The third-order valence-corrected chi connectivity index (χ3v) is 2.95. The molecule has 0 unspecified atom stereocenters. The molecule has 1 amide bonds. The fourth-order valence-electron chi connectivity index (χ4n) is 1.91. The van der Waals surface area contributed by atoms with Gasteiger partial charge in [-0.1, -0.05) is 23.4 Å². The van der Waals surface area contributed by atoms with Crippen molar-refractivity contribution in [1.29, 1.82) is 0 Å². The lowest BCUT2D eigenvalue weighted by atomic mass is 10.0. The molecule has 0 radical (unpaired) electrons. The van der Waals surface area contributed by atoms with Gasteiger partial charge in [0, 0.05) is 18.5 Å². The number of likely N-dealkylation sites (N-methyl/N-ethyl adjacent to an activating group) is 1. The molecule has 0 aliphatic carbocycles. The van der Waals surface area contributed by atoms with E-state index in [4.69, 9.17) is 0 Å². The summed E-state index contributed by atoms with van der Waals surface area (Å²) in [6.07, 6.45) is 2.66. The molecular weight excluding hydrogens is 256 g/mol. The lowest BCUT2D eigenvalue weighted by molar-refractivity contribution is 0.0953. The quantitative estimate of drug-likeness (QED) is 0.781. The Morgan fingerprint density at radius 3 is 2.85 bits per heavy atom. The number of nitrogens with zero attached hydrogens (tertiary/aromatic N) is 2. The van der Waals surface area contributed by atoms with Crippen LogP contribution in [-0.4, -0.2) is 36.2 Å². The summed E-state index contributed by atoms with van der Waals surface area (Å²) < 4.78 is 4.64. The van der Waals surface area contributed by atoms with Crippen molar-refractivity contribution in [3.8, 4) is 0 Å². The van der Waals surface area contributed by atoms with Gasteiger partial charge < -0.3 is 15.2 Å². The van der Waals surface area contributed by atoms with Crippen LogP contribution in [0, 0.1) is 0 Å². The molecule has 6 heteroatoms. The van der Waals surface area contributed by atoms with Crippen molar-refractivity contribution in [2.45, 2.75) is 12.8 Å². The van der Waals surface area contributed by atoms with E-state index in [1.807, 2.05) is 31.3 Å². The minimum absolute atomic E-state index is 0.0693. The first kappa shape index (κ1) is 14.2. The van der Waals surface area contributed by atoms with Crippen LogP contribution in [0.1, 0.15) is 21.7 Å². The van der Waals surface area contributed by atoms with E-state index in [0.29, 0.717) is 18.8 Å². The standard InChI is InChI=1S/C14H18N4O2/c1-15-8-6-11-4-2-3-5-12(11)14(19)16-9-7-13-17-10-20-18-13/h2-5,10,15H,6-9H2,1H3,(H,16,19). The largest absolute Gasteiger partial charge is 0.352 e. The Labute approximate surface area is 117 Å². The molecule has 2 rings (SSSR count). The second-order valence-electron chi connectivity index (χ2n) is 4.36. The summed E-state index contributed by atoms with van der Waals surface area (Å²) >= 11 is 0. The van der Waals surface area contributed by atoms with Crippen molar-refractivity contribution in [3.63, 3.8) is 0 Å². The summed E-state index contributed by atoms with van der Waals surface area (Å²) in [6.45, 7) is 1.33. The van der Waals surface area contributed by atoms with Crippen molar-refractivity contribution in [2.24, 2.45) is 0 Å². The number of carbonyl (C=O) groups is 1. The molecule has 6 nitrogen and oxygen atoms in total. The molecule has 20 heavy (non-hydrogen) atoms. The van der Waals surface area contributed by atoms with Crippen LogP contribution in [0.15, 0.2) is 35.2 Å². The Bertz CT molecular complexity index is 540. The molecule has 2 N–H and O–H groups in total. The molecule has 1 aromatic heterocycles. The molecule has 0 saturated carbocycles. The van der Waals surface area contributed by atoms with Crippen molar-refractivity contribution < 1.29 is 9.32 Å². The highest BCUT2D eigenvalue weighted by molar-refractivity contribution is 5.95. The van der Waals surface area contributed by atoms with Gasteiger partial charge in [0.05, 0.1) is 0 Å². The molecule has 1 heterocycles. The van der Waals surface area contributed by atoms with Gasteiger partial charge in [-0.05, 0) is 31.6 Å². The number of rotatable bonds is 7. The molecule has 0 aliphatic rings. The summed E-state index contributed by atoms with van der Waals surface area (Å²) in [7, 11) is 1.90. The molecule has 0 bridgehead atoms. The third kappa shape index (κ3) is 3.89. The number of nitrogens with one attached hydrogen (secondary N) is 2. The summed E-state index contributed by atoms with van der Waals surface area (Å²) in [6, 6.07) is 7.64. The minimum Gasteiger partial charge on any atom is -0.352 e. The first-order valence-corrected chi connectivity index (χ1v) is 6.57. The molecule has 2 aromatic rings. The average Bonchev–Trinajstić information content (AvgIpc) is 2.98. The second-order valence-corrected chi connectivity index (χ2v) is 4.36. The predicted molar refractivity (Wildman–Crippen MR) is 74.4 cm³/mol.